The van der Waals surface area contributed by atoms with Crippen LogP contribution in [0.2, 0.25) is 0 Å². The molecule has 0 aromatic heterocycles. The Morgan fingerprint density at radius 1 is 1.22 bits per heavy atom. The van der Waals surface area contributed by atoms with Crippen LogP contribution in [0.3, 0.4) is 0 Å². The van der Waals surface area contributed by atoms with Crippen LogP contribution in [0.5, 0.6) is 5.75 Å². The smallest absolute Gasteiger partial charge is 0.127 e. The summed E-state index contributed by atoms with van der Waals surface area (Å²) in [6, 6.07) is 6.39. The molecule has 0 radical (unpaired) electrons. The number of ether oxygens (including phenoxy) is 1. The first-order chi connectivity index (χ1) is 8.69. The van der Waals surface area contributed by atoms with Crippen LogP contribution < -0.4 is 10.1 Å². The van der Waals surface area contributed by atoms with Crippen LogP contribution in [-0.2, 0) is 6.54 Å². The number of nitrogens with one attached hydrogen (secondary N) is 1. The molecule has 1 N–H and O–H groups in total. The minimum Gasteiger partial charge on any atom is -0.490 e. The molecule has 0 aliphatic carbocycles. The molecule has 0 amide bonds. The van der Waals surface area contributed by atoms with Gasteiger partial charge in [-0.1, -0.05) is 38.5 Å². The van der Waals surface area contributed by atoms with Crippen molar-refractivity contribution in [3.63, 3.8) is 0 Å². The van der Waals surface area contributed by atoms with Gasteiger partial charge in [-0.15, -0.1) is 0 Å². The van der Waals surface area contributed by atoms with Gasteiger partial charge in [0.15, 0.2) is 0 Å². The number of rotatable bonds is 8. The lowest BCUT2D eigenvalue weighted by molar-refractivity contribution is 0.206. The van der Waals surface area contributed by atoms with E-state index >= 15 is 0 Å². The van der Waals surface area contributed by atoms with Crippen molar-refractivity contribution >= 4 is 0 Å². The quantitative estimate of drug-likeness (QED) is 0.701. The minimum absolute atomic E-state index is 0.293. The Kier molecular flexibility index (Phi) is 6.81. The van der Waals surface area contributed by atoms with Gasteiger partial charge >= 0.3 is 0 Å². The Balaban J connectivity index is 2.73. The predicted molar refractivity (Wildman–Crippen MR) is 78.2 cm³/mol. The van der Waals surface area contributed by atoms with E-state index in [1.807, 2.05) is 0 Å². The van der Waals surface area contributed by atoms with Crippen molar-refractivity contribution in [1.29, 1.82) is 0 Å². The lowest BCUT2D eigenvalue weighted by atomic mass is 10.1. The highest BCUT2D eigenvalue weighted by molar-refractivity contribution is 5.40. The summed E-state index contributed by atoms with van der Waals surface area (Å²) in [6.45, 7) is 10.6. The fraction of sp³-hybridized carbons (Fsp3) is 0.625. The van der Waals surface area contributed by atoms with E-state index in [1.165, 1.54) is 11.1 Å². The van der Waals surface area contributed by atoms with Gasteiger partial charge < -0.3 is 10.1 Å². The van der Waals surface area contributed by atoms with Gasteiger partial charge in [0.2, 0.25) is 0 Å². The minimum atomic E-state index is 0.293. The summed E-state index contributed by atoms with van der Waals surface area (Å²) < 4.78 is 6.11. The SMILES string of the molecule is CCCNCc1cccc(C)c1OC(C)CCC. The zero-order chi connectivity index (χ0) is 13.4. The van der Waals surface area contributed by atoms with Crippen molar-refractivity contribution in [2.45, 2.75) is 59.6 Å². The Bertz CT molecular complexity index is 349. The van der Waals surface area contributed by atoms with Gasteiger partial charge in [-0.05, 0) is 38.8 Å². The van der Waals surface area contributed by atoms with E-state index in [1.54, 1.807) is 0 Å². The molecule has 0 spiro atoms. The Morgan fingerprint density at radius 2 is 2.00 bits per heavy atom. The van der Waals surface area contributed by atoms with Crippen molar-refractivity contribution in [3.8, 4) is 5.75 Å². The van der Waals surface area contributed by atoms with E-state index in [4.69, 9.17) is 4.74 Å². The summed E-state index contributed by atoms with van der Waals surface area (Å²) >= 11 is 0. The molecule has 2 heteroatoms. The molecule has 0 saturated carbocycles. The molecule has 0 bridgehead atoms. The molecule has 1 aromatic carbocycles. The third-order valence-electron chi connectivity index (χ3n) is 3.05. The number of aryl methyl sites for hydroxylation is 1. The van der Waals surface area contributed by atoms with E-state index in [0.29, 0.717) is 6.10 Å². The highest BCUT2D eigenvalue weighted by atomic mass is 16.5. The van der Waals surface area contributed by atoms with Gasteiger partial charge in [-0.25, -0.2) is 0 Å². The Labute approximate surface area is 112 Å². The van der Waals surface area contributed by atoms with Crippen molar-refractivity contribution < 1.29 is 4.74 Å². The van der Waals surface area contributed by atoms with E-state index in [9.17, 15) is 0 Å². The molecule has 1 unspecified atom stereocenters. The summed E-state index contributed by atoms with van der Waals surface area (Å²) in [5, 5.41) is 3.44. The van der Waals surface area contributed by atoms with E-state index < -0.39 is 0 Å². The monoisotopic (exact) mass is 249 g/mol. The van der Waals surface area contributed by atoms with Crippen molar-refractivity contribution in [1.82, 2.24) is 5.32 Å². The van der Waals surface area contributed by atoms with Crippen LogP contribution in [0, 0.1) is 6.92 Å². The van der Waals surface area contributed by atoms with Crippen LogP contribution in [0.1, 0.15) is 51.2 Å². The van der Waals surface area contributed by atoms with Gasteiger partial charge in [-0.2, -0.15) is 0 Å². The first-order valence-corrected chi connectivity index (χ1v) is 7.14. The maximum atomic E-state index is 6.11. The van der Waals surface area contributed by atoms with Crippen LogP contribution in [0.25, 0.3) is 0 Å². The van der Waals surface area contributed by atoms with Crippen molar-refractivity contribution in [3.05, 3.63) is 29.3 Å². The van der Waals surface area contributed by atoms with E-state index in [-0.39, 0.29) is 0 Å². The molecule has 0 heterocycles. The standard InChI is InChI=1S/C16H27NO/c1-5-8-14(4)18-16-13(3)9-7-10-15(16)12-17-11-6-2/h7,9-10,14,17H,5-6,8,11-12H2,1-4H3. The molecule has 0 fully saturated rings. The second kappa shape index (κ2) is 8.15. The molecule has 2 nitrogen and oxygen atoms in total. The lowest BCUT2D eigenvalue weighted by Gasteiger charge is -2.19. The van der Waals surface area contributed by atoms with Crippen LogP contribution >= 0.6 is 0 Å². The zero-order valence-corrected chi connectivity index (χ0v) is 12.3. The molecule has 18 heavy (non-hydrogen) atoms. The highest BCUT2D eigenvalue weighted by Crippen LogP contribution is 2.25. The maximum absolute atomic E-state index is 6.11. The second-order valence-electron chi connectivity index (χ2n) is 4.96. The van der Waals surface area contributed by atoms with Crippen LogP contribution in [0.15, 0.2) is 18.2 Å². The highest BCUT2D eigenvalue weighted by Gasteiger charge is 2.10. The second-order valence-corrected chi connectivity index (χ2v) is 4.96. The molecule has 1 rings (SSSR count). The average molecular weight is 249 g/mol. The Morgan fingerprint density at radius 3 is 2.67 bits per heavy atom. The largest absolute Gasteiger partial charge is 0.490 e. The molecule has 0 aliphatic heterocycles. The molecular weight excluding hydrogens is 222 g/mol. The molecular formula is C16H27NO. The lowest BCUT2D eigenvalue weighted by Crippen LogP contribution is -2.17. The maximum Gasteiger partial charge on any atom is 0.127 e. The first-order valence-electron chi connectivity index (χ1n) is 7.14. The van der Waals surface area contributed by atoms with Crippen molar-refractivity contribution in [2.75, 3.05) is 6.54 Å². The van der Waals surface area contributed by atoms with E-state index in [2.05, 4.69) is 51.2 Å². The number of benzene rings is 1. The summed E-state index contributed by atoms with van der Waals surface area (Å²) in [6.07, 6.45) is 3.72. The zero-order valence-electron chi connectivity index (χ0n) is 12.3. The number of hydrogen-bond donors (Lipinski definition) is 1. The number of para-hydroxylation sites is 1. The third kappa shape index (κ3) is 4.69. The van der Waals surface area contributed by atoms with Gasteiger partial charge in [0, 0.05) is 12.1 Å². The molecule has 1 aromatic rings. The Hall–Kier alpha value is -1.02. The van der Waals surface area contributed by atoms with Crippen LogP contribution in [0.4, 0.5) is 0 Å². The van der Waals surface area contributed by atoms with Crippen LogP contribution in [-0.4, -0.2) is 12.6 Å². The molecule has 1 atom stereocenters. The third-order valence-corrected chi connectivity index (χ3v) is 3.05. The summed E-state index contributed by atoms with van der Waals surface area (Å²) in [4.78, 5) is 0. The normalized spacial score (nSPS) is 12.4. The fourth-order valence-corrected chi connectivity index (χ4v) is 2.09. The number of hydrogen-bond acceptors (Lipinski definition) is 2. The average Bonchev–Trinajstić information content (AvgIpc) is 2.34. The fourth-order valence-electron chi connectivity index (χ4n) is 2.09. The molecule has 0 aliphatic rings. The summed E-state index contributed by atoms with van der Waals surface area (Å²) in [5.74, 6) is 1.07. The van der Waals surface area contributed by atoms with Gasteiger partial charge in [0.1, 0.15) is 5.75 Å². The van der Waals surface area contributed by atoms with E-state index in [0.717, 1.165) is 38.1 Å². The van der Waals surface area contributed by atoms with Gasteiger partial charge in [-0.3, -0.25) is 0 Å². The topological polar surface area (TPSA) is 21.3 Å². The summed E-state index contributed by atoms with van der Waals surface area (Å²) in [7, 11) is 0. The molecule has 0 saturated heterocycles. The van der Waals surface area contributed by atoms with Gasteiger partial charge in [0.25, 0.3) is 0 Å². The summed E-state index contributed by atoms with van der Waals surface area (Å²) in [5.41, 5.74) is 2.50. The first kappa shape index (κ1) is 15.0. The van der Waals surface area contributed by atoms with Crippen molar-refractivity contribution in [2.24, 2.45) is 0 Å². The molecule has 102 valence electrons. The van der Waals surface area contributed by atoms with Gasteiger partial charge in [0.05, 0.1) is 6.10 Å². The predicted octanol–water partition coefficient (Wildman–Crippen LogP) is 4.06.